The van der Waals surface area contributed by atoms with Crippen LogP contribution >= 0.6 is 0 Å². The van der Waals surface area contributed by atoms with Crippen molar-refractivity contribution in [1.29, 1.82) is 0 Å². The van der Waals surface area contributed by atoms with Gasteiger partial charge < -0.3 is 4.74 Å². The Morgan fingerprint density at radius 3 is 2.19 bits per heavy atom. The molecule has 32 heavy (non-hydrogen) atoms. The van der Waals surface area contributed by atoms with Gasteiger partial charge in [-0.3, -0.25) is 9.10 Å². The number of hydrogen-bond acceptors (Lipinski definition) is 5. The van der Waals surface area contributed by atoms with Crippen LogP contribution < -0.4 is 14.5 Å². The Labute approximate surface area is 188 Å². The van der Waals surface area contributed by atoms with Crippen LogP contribution in [0, 0.1) is 0 Å². The monoisotopic (exact) mass is 451 g/mol. The predicted octanol–water partition coefficient (Wildman–Crippen LogP) is 4.06. The molecule has 0 spiro atoms. The number of hydrogen-bond donors (Lipinski definition) is 1. The number of benzene rings is 3. The normalized spacial score (nSPS) is 11.5. The van der Waals surface area contributed by atoms with Crippen LogP contribution in [0.1, 0.15) is 29.8 Å². The van der Waals surface area contributed by atoms with Crippen LogP contribution in [-0.4, -0.2) is 33.7 Å². The molecule has 0 aromatic heterocycles. The number of ether oxygens (including phenoxy) is 1. The van der Waals surface area contributed by atoms with E-state index in [9.17, 15) is 13.2 Å². The van der Waals surface area contributed by atoms with Gasteiger partial charge in [-0.1, -0.05) is 18.2 Å². The summed E-state index contributed by atoms with van der Waals surface area (Å²) < 4.78 is 32.2. The number of carbonyl (C=O) groups excluding carboxylic acids is 1. The van der Waals surface area contributed by atoms with Gasteiger partial charge in [0.25, 0.3) is 15.9 Å². The summed E-state index contributed by atoms with van der Waals surface area (Å²) in [4.78, 5) is 12.5. The second-order valence-electron chi connectivity index (χ2n) is 7.27. The van der Waals surface area contributed by atoms with E-state index in [1.54, 1.807) is 42.5 Å². The van der Waals surface area contributed by atoms with Gasteiger partial charge in [-0.25, -0.2) is 13.8 Å². The molecule has 7 nitrogen and oxygen atoms in total. The number of amides is 1. The highest BCUT2D eigenvalue weighted by Crippen LogP contribution is 2.22. The molecule has 0 aliphatic heterocycles. The number of anilines is 1. The third-order valence-electron chi connectivity index (χ3n) is 4.53. The predicted molar refractivity (Wildman–Crippen MR) is 126 cm³/mol. The Hall–Kier alpha value is -3.65. The fourth-order valence-electron chi connectivity index (χ4n) is 2.85. The molecule has 1 amide bonds. The lowest BCUT2D eigenvalue weighted by Crippen LogP contribution is -2.26. The highest BCUT2D eigenvalue weighted by Gasteiger charge is 2.21. The summed E-state index contributed by atoms with van der Waals surface area (Å²) in [6.45, 7) is 3.91. The number of carbonyl (C=O) groups is 1. The molecule has 0 radical (unpaired) electrons. The van der Waals surface area contributed by atoms with Crippen molar-refractivity contribution in [3.8, 4) is 5.75 Å². The second-order valence-corrected chi connectivity index (χ2v) is 9.24. The van der Waals surface area contributed by atoms with Crippen LogP contribution in [0.4, 0.5) is 5.69 Å². The third-order valence-corrected chi connectivity index (χ3v) is 6.33. The van der Waals surface area contributed by atoms with E-state index in [0.29, 0.717) is 11.3 Å². The maximum atomic E-state index is 12.7. The molecule has 1 N–H and O–H groups in total. The molecule has 0 fully saturated rings. The maximum Gasteiger partial charge on any atom is 0.271 e. The quantitative estimate of drug-likeness (QED) is 0.413. The molecule has 0 saturated carbocycles. The summed E-state index contributed by atoms with van der Waals surface area (Å²) in [5.74, 6) is 0.363. The summed E-state index contributed by atoms with van der Waals surface area (Å²) in [5, 5.41) is 3.97. The fraction of sp³-hybridized carbons (Fsp3) is 0.167. The molecule has 3 rings (SSSR count). The lowest BCUT2D eigenvalue weighted by molar-refractivity contribution is 0.0955. The average molecular weight is 452 g/mol. The van der Waals surface area contributed by atoms with Crippen LogP contribution in [0.25, 0.3) is 0 Å². The van der Waals surface area contributed by atoms with Gasteiger partial charge in [0, 0.05) is 12.6 Å². The minimum Gasteiger partial charge on any atom is -0.491 e. The van der Waals surface area contributed by atoms with Gasteiger partial charge in [0.05, 0.1) is 22.9 Å². The summed E-state index contributed by atoms with van der Waals surface area (Å²) in [7, 11) is -2.21. The zero-order valence-corrected chi connectivity index (χ0v) is 18.9. The Balaban J connectivity index is 1.62. The van der Waals surface area contributed by atoms with Crippen LogP contribution in [0.3, 0.4) is 0 Å². The fourth-order valence-corrected chi connectivity index (χ4v) is 4.06. The van der Waals surface area contributed by atoms with E-state index in [2.05, 4.69) is 10.5 Å². The van der Waals surface area contributed by atoms with Gasteiger partial charge in [-0.2, -0.15) is 5.10 Å². The summed E-state index contributed by atoms with van der Waals surface area (Å²) in [6, 6.07) is 21.8. The first-order valence-corrected chi connectivity index (χ1v) is 11.5. The van der Waals surface area contributed by atoms with Crippen molar-refractivity contribution in [2.75, 3.05) is 11.4 Å². The highest BCUT2D eigenvalue weighted by molar-refractivity contribution is 7.92. The largest absolute Gasteiger partial charge is 0.491 e. The number of nitrogens with one attached hydrogen (secondary N) is 1. The van der Waals surface area contributed by atoms with Crippen LogP contribution in [-0.2, 0) is 10.0 Å². The maximum absolute atomic E-state index is 12.7. The Kier molecular flexibility index (Phi) is 7.27. The standard InChI is InChI=1S/C24H25N3O4S/c1-18(2)31-22-15-9-19(10-16-22)17-25-26-24(28)20-11-13-21(14-12-20)27(3)32(29,30)23-7-5-4-6-8-23/h4-18H,1-3H3,(H,26,28). The molecule has 3 aromatic rings. The summed E-state index contributed by atoms with van der Waals surface area (Å²) in [5.41, 5.74) is 4.08. The molecule has 0 atom stereocenters. The number of sulfonamides is 1. The minimum absolute atomic E-state index is 0.0958. The molecule has 3 aromatic carbocycles. The molecule has 0 saturated heterocycles. The molecule has 0 aliphatic carbocycles. The van der Waals surface area contributed by atoms with Crippen molar-refractivity contribution in [2.24, 2.45) is 5.10 Å². The summed E-state index contributed by atoms with van der Waals surface area (Å²) >= 11 is 0. The van der Waals surface area contributed by atoms with E-state index < -0.39 is 15.9 Å². The molecule has 0 unspecified atom stereocenters. The van der Waals surface area contributed by atoms with Crippen molar-refractivity contribution in [3.05, 3.63) is 90.0 Å². The number of rotatable bonds is 8. The van der Waals surface area contributed by atoms with Crippen LogP contribution in [0.5, 0.6) is 5.75 Å². The molecule has 0 heterocycles. The molecule has 0 bridgehead atoms. The van der Waals surface area contributed by atoms with Crippen LogP contribution in [0.2, 0.25) is 0 Å². The van der Waals surface area contributed by atoms with E-state index in [0.717, 1.165) is 11.3 Å². The Bertz CT molecular complexity index is 1170. The van der Waals surface area contributed by atoms with E-state index in [1.807, 2.05) is 38.1 Å². The van der Waals surface area contributed by atoms with Gasteiger partial charge >= 0.3 is 0 Å². The molecular weight excluding hydrogens is 426 g/mol. The van der Waals surface area contributed by atoms with Crippen LogP contribution in [0.15, 0.2) is 88.9 Å². The SMILES string of the molecule is CC(C)Oc1ccc(C=NNC(=O)c2ccc(N(C)S(=O)(=O)c3ccccc3)cc2)cc1. The molecule has 166 valence electrons. The Morgan fingerprint density at radius 1 is 0.969 bits per heavy atom. The Morgan fingerprint density at radius 2 is 1.59 bits per heavy atom. The molecule has 0 aliphatic rings. The van der Waals surface area contributed by atoms with Crippen molar-refractivity contribution in [1.82, 2.24) is 5.43 Å². The van der Waals surface area contributed by atoms with Gasteiger partial charge in [0.2, 0.25) is 0 Å². The van der Waals surface area contributed by atoms with Crippen molar-refractivity contribution >= 4 is 27.8 Å². The van der Waals surface area contributed by atoms with E-state index in [4.69, 9.17) is 4.74 Å². The minimum atomic E-state index is -3.68. The first-order valence-electron chi connectivity index (χ1n) is 10.0. The van der Waals surface area contributed by atoms with Gasteiger partial charge in [0.1, 0.15) is 5.75 Å². The van der Waals surface area contributed by atoms with E-state index >= 15 is 0 Å². The van der Waals surface area contributed by atoms with Crippen molar-refractivity contribution in [3.63, 3.8) is 0 Å². The third kappa shape index (κ3) is 5.73. The van der Waals surface area contributed by atoms with E-state index in [-0.39, 0.29) is 11.0 Å². The van der Waals surface area contributed by atoms with Gasteiger partial charge in [0.15, 0.2) is 0 Å². The smallest absolute Gasteiger partial charge is 0.271 e. The van der Waals surface area contributed by atoms with Crippen molar-refractivity contribution < 1.29 is 17.9 Å². The lowest BCUT2D eigenvalue weighted by atomic mass is 10.2. The topological polar surface area (TPSA) is 88.1 Å². The van der Waals surface area contributed by atoms with Crippen molar-refractivity contribution in [2.45, 2.75) is 24.8 Å². The average Bonchev–Trinajstić information content (AvgIpc) is 2.80. The molecular formula is C24H25N3O4S. The van der Waals surface area contributed by atoms with E-state index in [1.165, 1.54) is 29.7 Å². The van der Waals surface area contributed by atoms with Gasteiger partial charge in [-0.15, -0.1) is 0 Å². The first-order chi connectivity index (χ1) is 15.3. The lowest BCUT2D eigenvalue weighted by Gasteiger charge is -2.19. The molecule has 8 heteroatoms. The van der Waals surface area contributed by atoms with Gasteiger partial charge in [-0.05, 0) is 80.1 Å². The highest BCUT2D eigenvalue weighted by atomic mass is 32.2. The number of hydrazone groups is 1. The summed E-state index contributed by atoms with van der Waals surface area (Å²) in [6.07, 6.45) is 1.63. The first kappa shape index (κ1) is 23.0. The second kappa shape index (κ2) is 10.1. The zero-order chi connectivity index (χ0) is 23.1. The number of nitrogens with zero attached hydrogens (tertiary/aromatic N) is 2. The zero-order valence-electron chi connectivity index (χ0n) is 18.1.